The van der Waals surface area contributed by atoms with Crippen LogP contribution in [0.1, 0.15) is 24.2 Å². The number of fused-ring (bicyclic) bond motifs is 1. The molecule has 20 heavy (non-hydrogen) atoms. The summed E-state index contributed by atoms with van der Waals surface area (Å²) in [5.41, 5.74) is 3.45. The van der Waals surface area contributed by atoms with Crippen molar-refractivity contribution >= 4 is 11.5 Å². The summed E-state index contributed by atoms with van der Waals surface area (Å²) in [4.78, 5) is 11.4. The third-order valence-corrected chi connectivity index (χ3v) is 3.69. The van der Waals surface area contributed by atoms with E-state index in [1.807, 2.05) is 24.4 Å². The highest BCUT2D eigenvalue weighted by Crippen LogP contribution is 2.31. The van der Waals surface area contributed by atoms with Gasteiger partial charge in [0.15, 0.2) is 0 Å². The number of hydrogen-bond acceptors (Lipinski definition) is 3. The average Bonchev–Trinajstić information content (AvgIpc) is 2.58. The van der Waals surface area contributed by atoms with Crippen molar-refractivity contribution in [2.45, 2.75) is 19.4 Å². The van der Waals surface area contributed by atoms with E-state index in [9.17, 15) is 0 Å². The van der Waals surface area contributed by atoms with Crippen LogP contribution in [0.15, 0.2) is 53.7 Å². The van der Waals surface area contributed by atoms with Crippen LogP contribution in [0, 0.1) is 0 Å². The van der Waals surface area contributed by atoms with E-state index in [-0.39, 0.29) is 11.5 Å². The van der Waals surface area contributed by atoms with Crippen LogP contribution in [0.5, 0.6) is 0 Å². The molecule has 4 nitrogen and oxygen atoms in total. The summed E-state index contributed by atoms with van der Waals surface area (Å²) < 4.78 is 0. The zero-order valence-corrected chi connectivity index (χ0v) is 11.7. The second kappa shape index (κ2) is 5.84. The first-order valence-corrected chi connectivity index (χ1v) is 6.52. The number of benzene rings is 1. The molecular weight excluding hydrogens is 250 g/mol. The van der Waals surface area contributed by atoms with Gasteiger partial charge in [0.2, 0.25) is 0 Å². The molecule has 1 aliphatic heterocycles. The van der Waals surface area contributed by atoms with Gasteiger partial charge in [-0.15, -0.1) is 0 Å². The summed E-state index contributed by atoms with van der Waals surface area (Å²) in [5.74, 6) is 1.03. The molecule has 0 saturated carbocycles. The van der Waals surface area contributed by atoms with Crippen LogP contribution in [0.4, 0.5) is 5.69 Å². The Bertz CT molecular complexity index is 610. The smallest absolute Gasteiger partial charge is 0.102 e. The van der Waals surface area contributed by atoms with Crippen LogP contribution in [-0.4, -0.2) is 28.2 Å². The lowest BCUT2D eigenvalue weighted by Crippen LogP contribution is -2.30. The third kappa shape index (κ3) is 2.56. The fourth-order valence-corrected chi connectivity index (χ4v) is 2.49. The minimum absolute atomic E-state index is 0. The van der Waals surface area contributed by atoms with E-state index in [1.54, 1.807) is 0 Å². The molecule has 3 rings (SSSR count). The molecule has 1 atom stereocenters. The minimum atomic E-state index is 0. The Morgan fingerprint density at radius 3 is 2.60 bits per heavy atom. The lowest BCUT2D eigenvalue weighted by molar-refractivity contribution is 0.366. The van der Waals surface area contributed by atoms with Crippen LogP contribution in [-0.2, 0) is 6.42 Å². The van der Waals surface area contributed by atoms with Crippen molar-refractivity contribution in [3.05, 3.63) is 59.9 Å². The molecule has 0 bridgehead atoms. The van der Waals surface area contributed by atoms with Crippen molar-refractivity contribution in [3.63, 3.8) is 0 Å². The van der Waals surface area contributed by atoms with Crippen LogP contribution in [0.2, 0.25) is 0 Å². The van der Waals surface area contributed by atoms with Crippen molar-refractivity contribution in [3.8, 4) is 0 Å². The standard InChI is InChI=1S/C16H17N3.H2O/c1-12-18-14-8-4-3-7-13(14)11-16(19(12)2)15-9-5-6-10-17-15;/h3-10,16H,11H2,1-2H3;1H2. The normalized spacial score (nSPS) is 17.6. The first kappa shape index (κ1) is 14.2. The van der Waals surface area contributed by atoms with Gasteiger partial charge in [-0.3, -0.25) is 4.98 Å². The molecule has 0 amide bonds. The summed E-state index contributed by atoms with van der Waals surface area (Å²) in [6, 6.07) is 14.7. The maximum absolute atomic E-state index is 4.71. The van der Waals surface area contributed by atoms with E-state index in [0.717, 1.165) is 23.6 Å². The van der Waals surface area contributed by atoms with Gasteiger partial charge in [-0.05, 0) is 30.7 Å². The second-order valence-electron chi connectivity index (χ2n) is 4.87. The highest BCUT2D eigenvalue weighted by atomic mass is 16.0. The van der Waals surface area contributed by atoms with Crippen LogP contribution in [0.25, 0.3) is 0 Å². The molecular formula is C16H19N3O. The molecule has 1 aromatic heterocycles. The number of nitrogens with zero attached hydrogens (tertiary/aromatic N) is 3. The molecule has 2 heterocycles. The van der Waals surface area contributed by atoms with E-state index in [2.05, 4.69) is 48.1 Å². The van der Waals surface area contributed by atoms with E-state index in [4.69, 9.17) is 4.99 Å². The molecule has 1 aliphatic rings. The largest absolute Gasteiger partial charge is 0.412 e. The average molecular weight is 269 g/mol. The van der Waals surface area contributed by atoms with Crippen LogP contribution in [0.3, 0.4) is 0 Å². The predicted molar refractivity (Wildman–Crippen MR) is 81.3 cm³/mol. The van der Waals surface area contributed by atoms with Gasteiger partial charge in [0.05, 0.1) is 17.4 Å². The van der Waals surface area contributed by atoms with Gasteiger partial charge >= 0.3 is 0 Å². The summed E-state index contributed by atoms with van der Waals surface area (Å²) in [5, 5.41) is 0. The molecule has 0 radical (unpaired) electrons. The first-order chi connectivity index (χ1) is 9.25. The van der Waals surface area contributed by atoms with E-state index in [0.29, 0.717) is 0 Å². The van der Waals surface area contributed by atoms with Crippen molar-refractivity contribution in [2.75, 3.05) is 7.05 Å². The Morgan fingerprint density at radius 1 is 1.10 bits per heavy atom. The quantitative estimate of drug-likeness (QED) is 0.798. The number of aromatic nitrogens is 1. The van der Waals surface area contributed by atoms with Crippen molar-refractivity contribution < 1.29 is 5.48 Å². The molecule has 0 aliphatic carbocycles. The van der Waals surface area contributed by atoms with Gasteiger partial charge in [0, 0.05) is 19.7 Å². The summed E-state index contributed by atoms with van der Waals surface area (Å²) >= 11 is 0. The number of rotatable bonds is 1. The fourth-order valence-electron chi connectivity index (χ4n) is 2.49. The lowest BCUT2D eigenvalue weighted by atomic mass is 10.0. The van der Waals surface area contributed by atoms with Gasteiger partial charge in [-0.2, -0.15) is 0 Å². The highest BCUT2D eigenvalue weighted by molar-refractivity contribution is 5.84. The number of para-hydroxylation sites is 1. The molecule has 0 spiro atoms. The first-order valence-electron chi connectivity index (χ1n) is 6.52. The molecule has 2 N–H and O–H groups in total. The lowest BCUT2D eigenvalue weighted by Gasteiger charge is -2.27. The zero-order chi connectivity index (χ0) is 13.2. The minimum Gasteiger partial charge on any atom is -0.412 e. The van der Waals surface area contributed by atoms with Gasteiger partial charge in [0.25, 0.3) is 0 Å². The number of amidine groups is 1. The maximum atomic E-state index is 4.71. The number of aliphatic imine (C=N–C) groups is 1. The van der Waals surface area contributed by atoms with E-state index < -0.39 is 0 Å². The van der Waals surface area contributed by atoms with E-state index in [1.165, 1.54) is 5.56 Å². The van der Waals surface area contributed by atoms with Gasteiger partial charge < -0.3 is 10.4 Å². The van der Waals surface area contributed by atoms with Crippen LogP contribution < -0.4 is 0 Å². The summed E-state index contributed by atoms with van der Waals surface area (Å²) in [7, 11) is 2.09. The summed E-state index contributed by atoms with van der Waals surface area (Å²) in [6.45, 7) is 2.05. The molecule has 0 fully saturated rings. The van der Waals surface area contributed by atoms with Gasteiger partial charge in [-0.1, -0.05) is 24.3 Å². The molecule has 2 aromatic rings. The third-order valence-electron chi connectivity index (χ3n) is 3.69. The highest BCUT2D eigenvalue weighted by Gasteiger charge is 2.23. The van der Waals surface area contributed by atoms with Crippen molar-refractivity contribution in [1.82, 2.24) is 9.88 Å². The van der Waals surface area contributed by atoms with Crippen molar-refractivity contribution in [2.24, 2.45) is 4.99 Å². The maximum Gasteiger partial charge on any atom is 0.102 e. The monoisotopic (exact) mass is 269 g/mol. The van der Waals surface area contributed by atoms with Gasteiger partial charge in [-0.25, -0.2) is 4.99 Å². The number of pyridine rings is 1. The molecule has 4 heteroatoms. The number of hydrogen-bond donors (Lipinski definition) is 0. The Labute approximate surface area is 119 Å². The molecule has 0 saturated heterocycles. The SMILES string of the molecule is CC1=Nc2ccccc2CC(c2ccccn2)N1C.O. The Morgan fingerprint density at radius 2 is 1.85 bits per heavy atom. The number of likely N-dealkylation sites (N-methyl/N-ethyl adjacent to an activating group) is 1. The Hall–Kier alpha value is -2.20. The Kier molecular flexibility index (Phi) is 4.15. The predicted octanol–water partition coefficient (Wildman–Crippen LogP) is 2.54. The topological polar surface area (TPSA) is 60.0 Å². The molecule has 104 valence electrons. The fraction of sp³-hybridized carbons (Fsp3) is 0.250. The second-order valence-corrected chi connectivity index (χ2v) is 4.87. The molecule has 1 aromatic carbocycles. The Balaban J connectivity index is 0.00000147. The summed E-state index contributed by atoms with van der Waals surface area (Å²) in [6.07, 6.45) is 2.79. The van der Waals surface area contributed by atoms with Crippen LogP contribution >= 0.6 is 0 Å². The zero-order valence-electron chi connectivity index (χ0n) is 11.7. The molecule has 1 unspecified atom stereocenters. The van der Waals surface area contributed by atoms with E-state index >= 15 is 0 Å². The van der Waals surface area contributed by atoms with Gasteiger partial charge in [0.1, 0.15) is 5.84 Å². The van der Waals surface area contributed by atoms with Crippen molar-refractivity contribution in [1.29, 1.82) is 0 Å².